The summed E-state index contributed by atoms with van der Waals surface area (Å²) in [7, 11) is 0. The van der Waals surface area contributed by atoms with Crippen LogP contribution in [-0.4, -0.2) is 14.8 Å². The van der Waals surface area contributed by atoms with E-state index in [4.69, 9.17) is 5.73 Å². The van der Waals surface area contributed by atoms with Gasteiger partial charge in [0.2, 0.25) is 0 Å². The molecule has 2 heterocycles. The van der Waals surface area contributed by atoms with E-state index in [9.17, 15) is 0 Å². The molecule has 2 rings (SSSR count). The van der Waals surface area contributed by atoms with Crippen molar-refractivity contribution in [1.82, 2.24) is 14.8 Å². The molecule has 2 N–H and O–H groups in total. The molecular weight excluding hydrogens is 303 g/mol. The minimum Gasteiger partial charge on any atom is -0.324 e. The molecule has 0 unspecified atom stereocenters. The Balaban J connectivity index is 2.41. The summed E-state index contributed by atoms with van der Waals surface area (Å²) in [6.45, 7) is 1.95. The molecule has 4 nitrogen and oxygen atoms in total. The minimum absolute atomic E-state index is 0.0152. The molecule has 0 fully saturated rings. The van der Waals surface area contributed by atoms with E-state index in [1.165, 1.54) is 0 Å². The molecule has 0 aliphatic heterocycles. The fourth-order valence-corrected chi connectivity index (χ4v) is 1.66. The van der Waals surface area contributed by atoms with Gasteiger partial charge >= 0.3 is 0 Å². The molecule has 2 aromatic heterocycles. The Labute approximate surface area is 102 Å². The maximum atomic E-state index is 5.81. The first-order valence-electron chi connectivity index (χ1n) is 4.59. The molecule has 78 valence electrons. The van der Waals surface area contributed by atoms with Crippen molar-refractivity contribution in [3.05, 3.63) is 39.9 Å². The fraction of sp³-hybridized carbons (Fsp3) is 0.200. The topological polar surface area (TPSA) is 56.7 Å². The Morgan fingerprint density at radius 1 is 1.53 bits per heavy atom. The number of nitrogens with two attached hydrogens (primary N) is 1. The highest BCUT2D eigenvalue weighted by Crippen LogP contribution is 2.13. The minimum atomic E-state index is 0.0152. The van der Waals surface area contributed by atoms with Crippen molar-refractivity contribution in [2.75, 3.05) is 0 Å². The number of halogens is 1. The van der Waals surface area contributed by atoms with Crippen LogP contribution < -0.4 is 5.73 Å². The van der Waals surface area contributed by atoms with E-state index >= 15 is 0 Å². The molecule has 0 aliphatic rings. The molecule has 0 bridgehead atoms. The number of aromatic nitrogens is 3. The molecule has 15 heavy (non-hydrogen) atoms. The van der Waals surface area contributed by atoms with Crippen LogP contribution in [0.4, 0.5) is 0 Å². The summed E-state index contributed by atoms with van der Waals surface area (Å²) in [4.78, 5) is 4.25. The van der Waals surface area contributed by atoms with Crippen LogP contribution in [-0.2, 0) is 0 Å². The smallest absolute Gasteiger partial charge is 0.153 e. The van der Waals surface area contributed by atoms with Crippen molar-refractivity contribution < 1.29 is 0 Å². The molecule has 0 radical (unpaired) electrons. The third kappa shape index (κ3) is 2.35. The van der Waals surface area contributed by atoms with Crippen LogP contribution >= 0.6 is 22.6 Å². The highest BCUT2D eigenvalue weighted by molar-refractivity contribution is 14.1. The van der Waals surface area contributed by atoms with Crippen molar-refractivity contribution in [2.24, 2.45) is 5.73 Å². The first-order chi connectivity index (χ1) is 7.16. The Morgan fingerprint density at radius 2 is 2.33 bits per heavy atom. The maximum Gasteiger partial charge on any atom is 0.153 e. The second-order valence-corrected chi connectivity index (χ2v) is 4.58. The van der Waals surface area contributed by atoms with Gasteiger partial charge in [0.15, 0.2) is 5.82 Å². The first kappa shape index (κ1) is 10.6. The Morgan fingerprint density at radius 3 is 2.93 bits per heavy atom. The lowest BCUT2D eigenvalue weighted by atomic mass is 10.1. The van der Waals surface area contributed by atoms with E-state index in [1.54, 1.807) is 17.1 Å². The van der Waals surface area contributed by atoms with E-state index in [1.807, 2.05) is 25.3 Å². The predicted octanol–water partition coefficient (Wildman–Crippen LogP) is 1.89. The Hall–Kier alpha value is -0.950. The van der Waals surface area contributed by atoms with Gasteiger partial charge in [-0.05, 0) is 47.2 Å². The lowest BCUT2D eigenvalue weighted by molar-refractivity contribution is 0.796. The number of hydrogen-bond donors (Lipinski definition) is 1. The second-order valence-electron chi connectivity index (χ2n) is 3.34. The van der Waals surface area contributed by atoms with Crippen molar-refractivity contribution in [1.29, 1.82) is 0 Å². The molecule has 0 saturated heterocycles. The van der Waals surface area contributed by atoms with Crippen LogP contribution in [0.1, 0.15) is 18.5 Å². The zero-order chi connectivity index (χ0) is 10.8. The van der Waals surface area contributed by atoms with Gasteiger partial charge in [0.25, 0.3) is 0 Å². The van der Waals surface area contributed by atoms with E-state index < -0.39 is 0 Å². The summed E-state index contributed by atoms with van der Waals surface area (Å²) in [6.07, 6.45) is 5.47. The number of hydrogen-bond acceptors (Lipinski definition) is 3. The third-order valence-electron chi connectivity index (χ3n) is 2.08. The predicted molar refractivity (Wildman–Crippen MR) is 66.7 cm³/mol. The van der Waals surface area contributed by atoms with Gasteiger partial charge in [0.05, 0.1) is 9.77 Å². The van der Waals surface area contributed by atoms with Crippen LogP contribution in [0.2, 0.25) is 0 Å². The summed E-state index contributed by atoms with van der Waals surface area (Å²) in [6, 6.07) is 3.89. The molecule has 0 aromatic carbocycles. The third-order valence-corrected chi connectivity index (χ3v) is 2.64. The average molecular weight is 314 g/mol. The molecular formula is C10H11IN4. The molecule has 0 amide bonds. The van der Waals surface area contributed by atoms with Crippen molar-refractivity contribution in [2.45, 2.75) is 13.0 Å². The molecule has 1 atom stereocenters. The van der Waals surface area contributed by atoms with E-state index in [2.05, 4.69) is 32.7 Å². The molecule has 0 saturated carbocycles. The van der Waals surface area contributed by atoms with Gasteiger partial charge in [-0.25, -0.2) is 9.67 Å². The highest BCUT2D eigenvalue weighted by Gasteiger charge is 2.04. The van der Waals surface area contributed by atoms with E-state index in [0.29, 0.717) is 0 Å². The summed E-state index contributed by atoms with van der Waals surface area (Å²) in [5, 5.41) is 4.19. The Kier molecular flexibility index (Phi) is 3.01. The monoisotopic (exact) mass is 314 g/mol. The van der Waals surface area contributed by atoms with Crippen LogP contribution in [0, 0.1) is 3.57 Å². The van der Waals surface area contributed by atoms with E-state index in [-0.39, 0.29) is 6.04 Å². The SMILES string of the molecule is C[C@@H](N)c1ccnc(-n2cc(I)cn2)c1. The number of rotatable bonds is 2. The van der Waals surface area contributed by atoms with E-state index in [0.717, 1.165) is 15.0 Å². The van der Waals surface area contributed by atoms with Gasteiger partial charge in [0.1, 0.15) is 0 Å². The number of nitrogens with zero attached hydrogens (tertiary/aromatic N) is 3. The second kappa shape index (κ2) is 4.28. The zero-order valence-corrected chi connectivity index (χ0v) is 10.4. The first-order valence-corrected chi connectivity index (χ1v) is 5.67. The normalized spacial score (nSPS) is 12.7. The summed E-state index contributed by atoms with van der Waals surface area (Å²) in [5.74, 6) is 0.799. The lowest BCUT2D eigenvalue weighted by Crippen LogP contribution is -2.07. The number of pyridine rings is 1. The summed E-state index contributed by atoms with van der Waals surface area (Å²) < 4.78 is 2.83. The summed E-state index contributed by atoms with van der Waals surface area (Å²) in [5.41, 5.74) is 6.87. The maximum absolute atomic E-state index is 5.81. The molecule has 0 aliphatic carbocycles. The molecule has 5 heteroatoms. The highest BCUT2D eigenvalue weighted by atomic mass is 127. The van der Waals surface area contributed by atoms with Crippen LogP contribution in [0.3, 0.4) is 0 Å². The van der Waals surface area contributed by atoms with Gasteiger partial charge in [-0.1, -0.05) is 0 Å². The van der Waals surface area contributed by atoms with Gasteiger partial charge in [-0.2, -0.15) is 5.10 Å². The largest absolute Gasteiger partial charge is 0.324 e. The van der Waals surface area contributed by atoms with Crippen molar-refractivity contribution in [3.8, 4) is 5.82 Å². The average Bonchev–Trinajstić information content (AvgIpc) is 2.65. The van der Waals surface area contributed by atoms with Gasteiger partial charge in [0, 0.05) is 18.4 Å². The van der Waals surface area contributed by atoms with Gasteiger partial charge in [-0.3, -0.25) is 0 Å². The van der Waals surface area contributed by atoms with Crippen molar-refractivity contribution >= 4 is 22.6 Å². The van der Waals surface area contributed by atoms with Gasteiger partial charge < -0.3 is 5.73 Å². The van der Waals surface area contributed by atoms with Crippen LogP contribution in [0.5, 0.6) is 0 Å². The molecule has 0 spiro atoms. The summed E-state index contributed by atoms with van der Waals surface area (Å²) >= 11 is 2.21. The van der Waals surface area contributed by atoms with Crippen molar-refractivity contribution in [3.63, 3.8) is 0 Å². The standard InChI is InChI=1S/C10H11IN4/c1-7(12)8-2-3-13-10(4-8)15-6-9(11)5-14-15/h2-7H,12H2,1H3/t7-/m1/s1. The van der Waals surface area contributed by atoms with Gasteiger partial charge in [-0.15, -0.1) is 0 Å². The zero-order valence-electron chi connectivity index (χ0n) is 8.26. The van der Waals surface area contributed by atoms with Crippen LogP contribution in [0.25, 0.3) is 5.82 Å². The molecule has 2 aromatic rings. The Bertz CT molecular complexity index is 464. The van der Waals surface area contributed by atoms with Crippen LogP contribution in [0.15, 0.2) is 30.7 Å². The quantitative estimate of drug-likeness (QED) is 0.861. The lowest BCUT2D eigenvalue weighted by Gasteiger charge is -2.06. The fourth-order valence-electron chi connectivity index (χ4n) is 1.27.